The molecular weight excluding hydrogens is 242 g/mol. The molecule has 3 heteroatoms. The quantitative estimate of drug-likeness (QED) is 0.817. The molecule has 0 bridgehead atoms. The fraction of sp³-hybridized carbons (Fsp3) is 0.600. The standard InChI is InChI=1S/C15H23NOS/c1-11(16)15-13(17-2)8-5-9-14(15)18-10-12-6-3-4-7-12/h5,8-9,11-12H,3-4,6-7,10,16H2,1-2H3/t11-/m1/s1. The number of ether oxygens (including phenoxy) is 1. The number of methoxy groups -OCH3 is 1. The van der Waals surface area contributed by atoms with Crippen LogP contribution in [0.4, 0.5) is 0 Å². The fourth-order valence-electron chi connectivity index (χ4n) is 2.66. The minimum absolute atomic E-state index is 0.0206. The predicted molar refractivity (Wildman–Crippen MR) is 78.3 cm³/mol. The summed E-state index contributed by atoms with van der Waals surface area (Å²) in [5.74, 6) is 3.02. The molecule has 2 nitrogen and oxygen atoms in total. The van der Waals surface area contributed by atoms with E-state index in [1.54, 1.807) is 7.11 Å². The summed E-state index contributed by atoms with van der Waals surface area (Å²) in [4.78, 5) is 1.29. The van der Waals surface area contributed by atoms with Gasteiger partial charge < -0.3 is 10.5 Å². The van der Waals surface area contributed by atoms with Gasteiger partial charge in [0.15, 0.2) is 0 Å². The van der Waals surface area contributed by atoms with E-state index in [0.29, 0.717) is 0 Å². The van der Waals surface area contributed by atoms with Crippen LogP contribution in [0, 0.1) is 5.92 Å². The maximum absolute atomic E-state index is 6.08. The van der Waals surface area contributed by atoms with Crippen LogP contribution in [0.1, 0.15) is 44.2 Å². The molecule has 1 aliphatic rings. The van der Waals surface area contributed by atoms with E-state index in [-0.39, 0.29) is 6.04 Å². The molecule has 2 rings (SSSR count). The van der Waals surface area contributed by atoms with Gasteiger partial charge in [-0.15, -0.1) is 11.8 Å². The molecule has 0 amide bonds. The van der Waals surface area contributed by atoms with Crippen molar-refractivity contribution in [1.82, 2.24) is 0 Å². The zero-order valence-electron chi connectivity index (χ0n) is 11.3. The number of benzene rings is 1. The highest BCUT2D eigenvalue weighted by Gasteiger charge is 2.18. The van der Waals surface area contributed by atoms with Gasteiger partial charge in [-0.2, -0.15) is 0 Å². The van der Waals surface area contributed by atoms with E-state index >= 15 is 0 Å². The molecule has 0 heterocycles. The molecule has 1 fully saturated rings. The predicted octanol–water partition coefficient (Wildman–Crippen LogP) is 4.00. The van der Waals surface area contributed by atoms with Crippen molar-refractivity contribution in [2.24, 2.45) is 11.7 Å². The maximum atomic E-state index is 6.08. The summed E-state index contributed by atoms with van der Waals surface area (Å²) >= 11 is 1.94. The van der Waals surface area contributed by atoms with E-state index in [1.807, 2.05) is 24.8 Å². The molecule has 0 spiro atoms. The first-order valence-electron chi connectivity index (χ1n) is 6.77. The fourth-order valence-corrected chi connectivity index (χ4v) is 4.03. The first-order valence-corrected chi connectivity index (χ1v) is 7.76. The summed E-state index contributed by atoms with van der Waals surface area (Å²) < 4.78 is 5.43. The Kier molecular flexibility index (Phi) is 4.95. The summed E-state index contributed by atoms with van der Waals surface area (Å²) in [5, 5.41) is 0. The summed E-state index contributed by atoms with van der Waals surface area (Å²) in [6, 6.07) is 6.24. The molecule has 18 heavy (non-hydrogen) atoms. The zero-order valence-corrected chi connectivity index (χ0v) is 12.1. The van der Waals surface area contributed by atoms with Crippen LogP contribution in [0.3, 0.4) is 0 Å². The largest absolute Gasteiger partial charge is 0.496 e. The normalized spacial score (nSPS) is 17.9. The second kappa shape index (κ2) is 6.48. The molecule has 1 saturated carbocycles. The second-order valence-electron chi connectivity index (χ2n) is 5.12. The van der Waals surface area contributed by atoms with Gasteiger partial charge in [0.2, 0.25) is 0 Å². The lowest BCUT2D eigenvalue weighted by Gasteiger charge is -2.17. The summed E-state index contributed by atoms with van der Waals surface area (Å²) in [5.41, 5.74) is 7.24. The van der Waals surface area contributed by atoms with Crippen LogP contribution in [0.15, 0.2) is 23.1 Å². The van der Waals surface area contributed by atoms with Crippen molar-refractivity contribution in [2.75, 3.05) is 12.9 Å². The minimum Gasteiger partial charge on any atom is -0.496 e. The lowest BCUT2D eigenvalue weighted by atomic mass is 10.1. The number of hydrogen-bond acceptors (Lipinski definition) is 3. The lowest BCUT2D eigenvalue weighted by Crippen LogP contribution is -2.09. The van der Waals surface area contributed by atoms with E-state index in [4.69, 9.17) is 10.5 Å². The van der Waals surface area contributed by atoms with E-state index in [2.05, 4.69) is 12.1 Å². The van der Waals surface area contributed by atoms with Gasteiger partial charge in [-0.1, -0.05) is 18.9 Å². The van der Waals surface area contributed by atoms with Crippen LogP contribution >= 0.6 is 11.8 Å². The maximum Gasteiger partial charge on any atom is 0.124 e. The Balaban J connectivity index is 2.10. The minimum atomic E-state index is 0.0206. The van der Waals surface area contributed by atoms with Crippen LogP contribution < -0.4 is 10.5 Å². The average molecular weight is 265 g/mol. The topological polar surface area (TPSA) is 35.2 Å². The third-order valence-corrected chi connectivity index (χ3v) is 4.96. The van der Waals surface area contributed by atoms with Crippen LogP contribution in [0.25, 0.3) is 0 Å². The second-order valence-corrected chi connectivity index (χ2v) is 6.18. The van der Waals surface area contributed by atoms with Gasteiger partial charge in [0.1, 0.15) is 5.75 Å². The highest BCUT2D eigenvalue weighted by molar-refractivity contribution is 7.99. The van der Waals surface area contributed by atoms with Crippen molar-refractivity contribution in [2.45, 2.75) is 43.5 Å². The molecule has 1 aliphatic carbocycles. The third-order valence-electron chi connectivity index (χ3n) is 3.65. The van der Waals surface area contributed by atoms with Crippen LogP contribution in [-0.2, 0) is 0 Å². The Morgan fingerprint density at radius 3 is 2.72 bits per heavy atom. The Hall–Kier alpha value is -0.670. The Bertz CT molecular complexity index is 386. The van der Waals surface area contributed by atoms with Gasteiger partial charge in [-0.05, 0) is 37.8 Å². The van der Waals surface area contributed by atoms with E-state index in [9.17, 15) is 0 Å². The molecule has 1 aromatic carbocycles. The first kappa shape index (κ1) is 13.8. The molecule has 2 N–H and O–H groups in total. The Morgan fingerprint density at radius 2 is 2.11 bits per heavy atom. The average Bonchev–Trinajstić information content (AvgIpc) is 2.88. The number of hydrogen-bond donors (Lipinski definition) is 1. The van der Waals surface area contributed by atoms with E-state index < -0.39 is 0 Å². The van der Waals surface area contributed by atoms with Crippen LogP contribution in [-0.4, -0.2) is 12.9 Å². The molecule has 100 valence electrons. The van der Waals surface area contributed by atoms with Gasteiger partial charge in [0, 0.05) is 22.3 Å². The monoisotopic (exact) mass is 265 g/mol. The SMILES string of the molecule is COc1cccc(SCC2CCCC2)c1[C@@H](C)N. The van der Waals surface area contributed by atoms with Crippen LogP contribution in [0.5, 0.6) is 5.75 Å². The molecular formula is C15H23NOS. The Labute approximate surface area is 114 Å². The van der Waals surface area contributed by atoms with E-state index in [0.717, 1.165) is 17.2 Å². The van der Waals surface area contributed by atoms with Crippen molar-refractivity contribution < 1.29 is 4.74 Å². The highest BCUT2D eigenvalue weighted by atomic mass is 32.2. The van der Waals surface area contributed by atoms with Crippen molar-refractivity contribution in [1.29, 1.82) is 0 Å². The highest BCUT2D eigenvalue weighted by Crippen LogP contribution is 2.37. The van der Waals surface area contributed by atoms with Gasteiger partial charge >= 0.3 is 0 Å². The Morgan fingerprint density at radius 1 is 1.39 bits per heavy atom. The van der Waals surface area contributed by atoms with Gasteiger partial charge in [-0.25, -0.2) is 0 Å². The molecule has 0 unspecified atom stereocenters. The lowest BCUT2D eigenvalue weighted by molar-refractivity contribution is 0.405. The number of nitrogens with two attached hydrogens (primary N) is 1. The smallest absolute Gasteiger partial charge is 0.124 e. The van der Waals surface area contributed by atoms with Crippen molar-refractivity contribution in [3.8, 4) is 5.75 Å². The first-order chi connectivity index (χ1) is 8.72. The van der Waals surface area contributed by atoms with Gasteiger partial charge in [0.05, 0.1) is 7.11 Å². The molecule has 1 atom stereocenters. The molecule has 0 aromatic heterocycles. The van der Waals surface area contributed by atoms with Crippen molar-refractivity contribution in [3.63, 3.8) is 0 Å². The third kappa shape index (κ3) is 3.21. The molecule has 1 aromatic rings. The summed E-state index contributed by atoms with van der Waals surface area (Å²) in [6.07, 6.45) is 5.60. The molecule has 0 saturated heterocycles. The van der Waals surface area contributed by atoms with Crippen LogP contribution in [0.2, 0.25) is 0 Å². The van der Waals surface area contributed by atoms with Crippen molar-refractivity contribution in [3.05, 3.63) is 23.8 Å². The van der Waals surface area contributed by atoms with Gasteiger partial charge in [0.25, 0.3) is 0 Å². The zero-order chi connectivity index (χ0) is 13.0. The summed E-state index contributed by atoms with van der Waals surface area (Å²) in [7, 11) is 1.71. The number of rotatable bonds is 5. The van der Waals surface area contributed by atoms with Crippen molar-refractivity contribution >= 4 is 11.8 Å². The van der Waals surface area contributed by atoms with Gasteiger partial charge in [-0.3, -0.25) is 0 Å². The summed E-state index contributed by atoms with van der Waals surface area (Å²) in [6.45, 7) is 2.03. The molecule has 0 aliphatic heterocycles. The number of thioether (sulfide) groups is 1. The molecule has 0 radical (unpaired) electrons. The van der Waals surface area contributed by atoms with E-state index in [1.165, 1.54) is 36.3 Å².